The molecular formula is C17H18N4. The van der Waals surface area contributed by atoms with Gasteiger partial charge in [-0.1, -0.05) is 48.5 Å². The van der Waals surface area contributed by atoms with E-state index in [1.807, 2.05) is 53.4 Å². The lowest BCUT2D eigenvalue weighted by molar-refractivity contribution is 0.691. The Morgan fingerprint density at radius 3 is 2.33 bits per heavy atom. The van der Waals surface area contributed by atoms with Crippen LogP contribution in [0, 0.1) is 6.92 Å². The summed E-state index contributed by atoms with van der Waals surface area (Å²) in [5.74, 6) is 1.05. The molecule has 2 aromatic carbocycles. The van der Waals surface area contributed by atoms with E-state index in [2.05, 4.69) is 18.0 Å². The fourth-order valence-corrected chi connectivity index (χ4v) is 2.55. The second kappa shape index (κ2) is 5.32. The van der Waals surface area contributed by atoms with Gasteiger partial charge in [0.25, 0.3) is 0 Å². The van der Waals surface area contributed by atoms with Gasteiger partial charge in [-0.15, -0.1) is 0 Å². The number of hydrogen-bond acceptors (Lipinski definition) is 4. The Labute approximate surface area is 124 Å². The third-order valence-corrected chi connectivity index (χ3v) is 3.56. The van der Waals surface area contributed by atoms with E-state index in [4.69, 9.17) is 11.5 Å². The van der Waals surface area contributed by atoms with Gasteiger partial charge in [-0.2, -0.15) is 0 Å². The third kappa shape index (κ3) is 2.48. The lowest BCUT2D eigenvalue weighted by Crippen LogP contribution is -2.37. The van der Waals surface area contributed by atoms with Crippen molar-refractivity contribution in [3.8, 4) is 0 Å². The minimum absolute atomic E-state index is 0.239. The zero-order chi connectivity index (χ0) is 14.8. The highest BCUT2D eigenvalue weighted by atomic mass is 15.3. The van der Waals surface area contributed by atoms with Gasteiger partial charge in [0.15, 0.2) is 6.17 Å². The lowest BCUT2D eigenvalue weighted by Gasteiger charge is -2.35. The molecule has 0 aliphatic carbocycles. The summed E-state index contributed by atoms with van der Waals surface area (Å²) >= 11 is 0. The Balaban J connectivity index is 2.12. The number of nitrogens with two attached hydrogens (primary N) is 2. The van der Waals surface area contributed by atoms with Crippen LogP contribution >= 0.6 is 0 Å². The molecule has 21 heavy (non-hydrogen) atoms. The maximum Gasteiger partial charge on any atom is 0.154 e. The molecule has 4 nitrogen and oxygen atoms in total. The van der Waals surface area contributed by atoms with E-state index in [1.165, 1.54) is 0 Å². The average molecular weight is 278 g/mol. The van der Waals surface area contributed by atoms with Gasteiger partial charge in [-0.25, -0.2) is 4.99 Å². The van der Waals surface area contributed by atoms with Crippen LogP contribution in [0.15, 0.2) is 71.5 Å². The normalized spacial score (nSPS) is 18.1. The first-order valence-corrected chi connectivity index (χ1v) is 6.87. The molecule has 3 rings (SSSR count). The number of benzene rings is 2. The Morgan fingerprint density at radius 1 is 0.952 bits per heavy atom. The lowest BCUT2D eigenvalue weighted by atomic mass is 10.1. The van der Waals surface area contributed by atoms with Gasteiger partial charge >= 0.3 is 0 Å². The highest BCUT2D eigenvalue weighted by Gasteiger charge is 2.26. The summed E-state index contributed by atoms with van der Waals surface area (Å²) in [6.07, 6.45) is 1.46. The van der Waals surface area contributed by atoms with E-state index in [0.29, 0.717) is 11.7 Å². The molecule has 0 amide bonds. The van der Waals surface area contributed by atoms with Crippen molar-refractivity contribution in [1.82, 2.24) is 0 Å². The van der Waals surface area contributed by atoms with Crippen LogP contribution in [0.3, 0.4) is 0 Å². The van der Waals surface area contributed by atoms with Crippen molar-refractivity contribution >= 4 is 11.5 Å². The van der Waals surface area contributed by atoms with Gasteiger partial charge < -0.3 is 16.4 Å². The first kappa shape index (κ1) is 13.2. The van der Waals surface area contributed by atoms with E-state index in [-0.39, 0.29) is 6.17 Å². The smallest absolute Gasteiger partial charge is 0.154 e. The fourth-order valence-electron chi connectivity index (χ4n) is 2.55. The van der Waals surface area contributed by atoms with Crippen molar-refractivity contribution in [3.63, 3.8) is 0 Å². The molecule has 0 bridgehead atoms. The first-order chi connectivity index (χ1) is 10.2. The quantitative estimate of drug-likeness (QED) is 0.887. The molecular weight excluding hydrogens is 260 g/mol. The van der Waals surface area contributed by atoms with E-state index in [9.17, 15) is 0 Å². The summed E-state index contributed by atoms with van der Waals surface area (Å²) < 4.78 is 0. The topological polar surface area (TPSA) is 67.6 Å². The number of nitrogens with zero attached hydrogens (tertiary/aromatic N) is 2. The van der Waals surface area contributed by atoms with Crippen LogP contribution in [0.25, 0.3) is 0 Å². The van der Waals surface area contributed by atoms with Crippen molar-refractivity contribution in [3.05, 3.63) is 77.6 Å². The van der Waals surface area contributed by atoms with Gasteiger partial charge in [-0.05, 0) is 24.1 Å². The molecule has 0 unspecified atom stereocenters. The second-order valence-electron chi connectivity index (χ2n) is 5.06. The molecule has 4 N–H and O–H groups in total. The molecule has 1 aliphatic heterocycles. The highest BCUT2D eigenvalue weighted by Crippen LogP contribution is 2.34. The maximum absolute atomic E-state index is 6.22. The molecule has 0 saturated carbocycles. The number of hydrogen-bond donors (Lipinski definition) is 2. The van der Waals surface area contributed by atoms with E-state index in [0.717, 1.165) is 16.8 Å². The van der Waals surface area contributed by atoms with Crippen molar-refractivity contribution in [1.29, 1.82) is 0 Å². The third-order valence-electron chi connectivity index (χ3n) is 3.56. The number of amidine groups is 1. The number of para-hydroxylation sites is 1. The van der Waals surface area contributed by atoms with Gasteiger partial charge in [0.1, 0.15) is 11.7 Å². The highest BCUT2D eigenvalue weighted by molar-refractivity contribution is 5.94. The molecule has 0 radical (unpaired) electrons. The Kier molecular flexibility index (Phi) is 3.36. The van der Waals surface area contributed by atoms with Crippen LogP contribution < -0.4 is 16.4 Å². The summed E-state index contributed by atoms with van der Waals surface area (Å²) in [6.45, 7) is 2.06. The van der Waals surface area contributed by atoms with Crippen molar-refractivity contribution < 1.29 is 0 Å². The molecule has 1 heterocycles. The number of aliphatic imine (C=N–C) groups is 1. The summed E-state index contributed by atoms with van der Waals surface area (Å²) in [5.41, 5.74) is 15.4. The standard InChI is InChI=1S/C17H18N4/c1-12-7-5-6-10-14(12)21-16(19)11-15(18)20-17(21)13-8-3-2-4-9-13/h2-11,17H,19H2,1H3,(H2,18,20)/t17-/m1/s1. The molecule has 0 fully saturated rings. The molecule has 0 spiro atoms. The van der Waals surface area contributed by atoms with Crippen LogP contribution in [0.4, 0.5) is 5.69 Å². The molecule has 1 aliphatic rings. The van der Waals surface area contributed by atoms with Crippen LogP contribution in [0.5, 0.6) is 0 Å². The second-order valence-corrected chi connectivity index (χ2v) is 5.06. The van der Waals surface area contributed by atoms with E-state index >= 15 is 0 Å². The fraction of sp³-hybridized carbons (Fsp3) is 0.118. The van der Waals surface area contributed by atoms with E-state index < -0.39 is 0 Å². The predicted octanol–water partition coefficient (Wildman–Crippen LogP) is 2.67. The maximum atomic E-state index is 6.22. The Bertz CT molecular complexity index is 704. The zero-order valence-electron chi connectivity index (χ0n) is 11.9. The number of rotatable bonds is 2. The summed E-state index contributed by atoms with van der Waals surface area (Å²) in [4.78, 5) is 6.58. The summed E-state index contributed by atoms with van der Waals surface area (Å²) in [7, 11) is 0. The molecule has 1 atom stereocenters. The zero-order valence-corrected chi connectivity index (χ0v) is 11.9. The van der Waals surface area contributed by atoms with Crippen LogP contribution in [-0.4, -0.2) is 5.84 Å². The molecule has 4 heteroatoms. The predicted molar refractivity (Wildman–Crippen MR) is 86.7 cm³/mol. The monoisotopic (exact) mass is 278 g/mol. The minimum atomic E-state index is -0.239. The molecule has 2 aromatic rings. The number of aryl methyl sites for hydroxylation is 1. The molecule has 0 saturated heterocycles. The molecule has 0 aromatic heterocycles. The minimum Gasteiger partial charge on any atom is -0.385 e. The van der Waals surface area contributed by atoms with Crippen LogP contribution in [0.2, 0.25) is 0 Å². The summed E-state index contributed by atoms with van der Waals surface area (Å²) in [6, 6.07) is 18.1. The Morgan fingerprint density at radius 2 is 1.62 bits per heavy atom. The summed E-state index contributed by atoms with van der Waals surface area (Å²) in [5, 5.41) is 0. The first-order valence-electron chi connectivity index (χ1n) is 6.87. The van der Waals surface area contributed by atoms with Gasteiger partial charge in [0.2, 0.25) is 0 Å². The van der Waals surface area contributed by atoms with E-state index in [1.54, 1.807) is 6.08 Å². The van der Waals surface area contributed by atoms with Gasteiger partial charge in [0, 0.05) is 11.8 Å². The largest absolute Gasteiger partial charge is 0.385 e. The van der Waals surface area contributed by atoms with Crippen molar-refractivity contribution in [2.75, 3.05) is 4.90 Å². The number of anilines is 1. The van der Waals surface area contributed by atoms with Crippen LogP contribution in [0.1, 0.15) is 17.3 Å². The molecule has 106 valence electrons. The van der Waals surface area contributed by atoms with Gasteiger partial charge in [-0.3, -0.25) is 0 Å². The average Bonchev–Trinajstić information content (AvgIpc) is 2.49. The van der Waals surface area contributed by atoms with Crippen molar-refractivity contribution in [2.24, 2.45) is 16.5 Å². The van der Waals surface area contributed by atoms with Crippen LogP contribution in [-0.2, 0) is 0 Å². The van der Waals surface area contributed by atoms with Crippen molar-refractivity contribution in [2.45, 2.75) is 13.1 Å². The van der Waals surface area contributed by atoms with Gasteiger partial charge in [0.05, 0.1) is 0 Å². The SMILES string of the molecule is Cc1ccccc1N1C(N)=CC(N)=N[C@H]1c1ccccc1. The Hall–Kier alpha value is -2.75.